The van der Waals surface area contributed by atoms with Crippen LogP contribution >= 0.6 is 0 Å². The maximum atomic E-state index is 2.42. The van der Waals surface area contributed by atoms with E-state index in [2.05, 4.69) is 6.08 Å². The van der Waals surface area contributed by atoms with Gasteiger partial charge in [0, 0.05) is 0 Å². The van der Waals surface area contributed by atoms with Gasteiger partial charge in [-0.15, -0.1) is 0 Å². The number of rotatable bonds is 0. The zero-order valence-electron chi connectivity index (χ0n) is 4.89. The van der Waals surface area contributed by atoms with Crippen molar-refractivity contribution in [2.75, 3.05) is 0 Å². The van der Waals surface area contributed by atoms with Gasteiger partial charge < -0.3 is 0 Å². The lowest BCUT2D eigenvalue weighted by molar-refractivity contribution is 0.576. The number of fused-ring (bicyclic) bond motifs is 2. The van der Waals surface area contributed by atoms with E-state index in [4.69, 9.17) is 0 Å². The van der Waals surface area contributed by atoms with E-state index < -0.39 is 0 Å². The van der Waals surface area contributed by atoms with Crippen LogP contribution in [0.1, 0.15) is 25.7 Å². The van der Waals surface area contributed by atoms with E-state index in [1.165, 1.54) is 25.7 Å². The second-order valence-electron chi connectivity index (χ2n) is 2.71. The van der Waals surface area contributed by atoms with Crippen LogP contribution in [0, 0.1) is 5.92 Å². The quantitative estimate of drug-likeness (QED) is 0.424. The summed E-state index contributed by atoms with van der Waals surface area (Å²) in [5.41, 5.74) is 1.74. The predicted octanol–water partition coefficient (Wildman–Crippen LogP) is 2.27. The molecule has 46 valence electrons. The molecule has 1 heteroatoms. The van der Waals surface area contributed by atoms with Crippen LogP contribution < -0.4 is 0 Å². The van der Waals surface area contributed by atoms with Crippen molar-refractivity contribution in [2.24, 2.45) is 5.92 Å². The number of hydrogen-bond donors (Lipinski definition) is 0. The Morgan fingerprint density at radius 3 is 2.50 bits per heavy atom. The molecular formula is C7H11F. The van der Waals surface area contributed by atoms with Gasteiger partial charge in [-0.05, 0) is 31.6 Å². The van der Waals surface area contributed by atoms with Gasteiger partial charge >= 0.3 is 0 Å². The summed E-state index contributed by atoms with van der Waals surface area (Å²) >= 11 is 0. The van der Waals surface area contributed by atoms with Gasteiger partial charge in [0.05, 0.1) is 0 Å². The van der Waals surface area contributed by atoms with E-state index in [-0.39, 0.29) is 4.70 Å². The highest BCUT2D eigenvalue weighted by molar-refractivity contribution is 5.15. The van der Waals surface area contributed by atoms with E-state index >= 15 is 0 Å². The first-order valence-electron chi connectivity index (χ1n) is 3.13. The summed E-state index contributed by atoms with van der Waals surface area (Å²) < 4.78 is 0. The third-order valence-corrected chi connectivity index (χ3v) is 2.16. The van der Waals surface area contributed by atoms with Crippen LogP contribution in [0.4, 0.5) is 4.70 Å². The van der Waals surface area contributed by atoms with Crippen LogP contribution in [0.5, 0.6) is 0 Å². The SMILES string of the molecule is C1=C2CCC(C1)C2.F. The van der Waals surface area contributed by atoms with Gasteiger partial charge in [0.15, 0.2) is 0 Å². The largest absolute Gasteiger partial charge is 0.269 e. The van der Waals surface area contributed by atoms with Gasteiger partial charge in [-0.2, -0.15) is 0 Å². The van der Waals surface area contributed by atoms with Crippen molar-refractivity contribution < 1.29 is 4.70 Å². The molecule has 0 nitrogen and oxygen atoms in total. The fourth-order valence-corrected chi connectivity index (χ4v) is 1.68. The van der Waals surface area contributed by atoms with E-state index in [1.807, 2.05) is 0 Å². The normalized spacial score (nSPS) is 32.0. The molecule has 2 aliphatic carbocycles. The van der Waals surface area contributed by atoms with Crippen LogP contribution in [0.3, 0.4) is 0 Å². The molecule has 8 heavy (non-hydrogen) atoms. The van der Waals surface area contributed by atoms with Crippen molar-refractivity contribution in [3.05, 3.63) is 11.6 Å². The van der Waals surface area contributed by atoms with Gasteiger partial charge in [-0.1, -0.05) is 11.6 Å². The van der Waals surface area contributed by atoms with E-state index in [0.29, 0.717) is 0 Å². The number of halogens is 1. The van der Waals surface area contributed by atoms with Gasteiger partial charge in [-0.3, -0.25) is 4.70 Å². The second-order valence-corrected chi connectivity index (χ2v) is 2.71. The minimum Gasteiger partial charge on any atom is -0.269 e. The summed E-state index contributed by atoms with van der Waals surface area (Å²) in [5.74, 6) is 1.08. The first-order chi connectivity index (χ1) is 3.45. The van der Waals surface area contributed by atoms with Crippen LogP contribution in [0.15, 0.2) is 11.6 Å². The molecule has 1 fully saturated rings. The third kappa shape index (κ3) is 0.662. The Balaban J connectivity index is 0.000000320. The summed E-state index contributed by atoms with van der Waals surface area (Å²) in [6.45, 7) is 0. The molecule has 0 radical (unpaired) electrons. The van der Waals surface area contributed by atoms with E-state index in [0.717, 1.165) is 5.92 Å². The van der Waals surface area contributed by atoms with E-state index in [1.54, 1.807) is 5.57 Å². The van der Waals surface area contributed by atoms with Crippen molar-refractivity contribution in [3.63, 3.8) is 0 Å². The summed E-state index contributed by atoms with van der Waals surface area (Å²) in [6.07, 6.45) is 8.18. The highest BCUT2D eigenvalue weighted by atomic mass is 19.0. The van der Waals surface area contributed by atoms with Crippen LogP contribution in [0.2, 0.25) is 0 Å². The third-order valence-electron chi connectivity index (χ3n) is 2.16. The molecule has 2 bridgehead atoms. The van der Waals surface area contributed by atoms with Gasteiger partial charge in [0.2, 0.25) is 0 Å². The first kappa shape index (κ1) is 5.80. The molecule has 0 aromatic carbocycles. The highest BCUT2D eigenvalue weighted by Crippen LogP contribution is 2.38. The zero-order valence-corrected chi connectivity index (χ0v) is 4.89. The van der Waals surface area contributed by atoms with Crippen LogP contribution in [0.25, 0.3) is 0 Å². The van der Waals surface area contributed by atoms with Gasteiger partial charge in [0.25, 0.3) is 0 Å². The van der Waals surface area contributed by atoms with Crippen molar-refractivity contribution in [1.82, 2.24) is 0 Å². The highest BCUT2D eigenvalue weighted by Gasteiger charge is 2.22. The maximum Gasteiger partial charge on any atom is -0.0289 e. The minimum absolute atomic E-state index is 0. The summed E-state index contributed by atoms with van der Waals surface area (Å²) in [6, 6.07) is 0. The summed E-state index contributed by atoms with van der Waals surface area (Å²) in [5, 5.41) is 0. The zero-order chi connectivity index (χ0) is 4.69. The fraction of sp³-hybridized carbons (Fsp3) is 0.714. The Hall–Kier alpha value is -0.330. The molecule has 0 amide bonds. The van der Waals surface area contributed by atoms with E-state index in [9.17, 15) is 0 Å². The molecule has 0 N–H and O–H groups in total. The standard InChI is InChI=1S/C7H10.FH/c1-2-7-4-3-6(1)5-7;/h1,7H,2-5H2;1H. The number of hydrogen-bond acceptors (Lipinski definition) is 0. The maximum absolute atomic E-state index is 2.42. The Labute approximate surface area is 49.0 Å². The van der Waals surface area contributed by atoms with Crippen molar-refractivity contribution in [1.29, 1.82) is 0 Å². The molecule has 0 aliphatic heterocycles. The van der Waals surface area contributed by atoms with Crippen molar-refractivity contribution >= 4 is 0 Å². The molecular weight excluding hydrogens is 103 g/mol. The van der Waals surface area contributed by atoms with Gasteiger partial charge in [-0.25, -0.2) is 0 Å². The fourth-order valence-electron chi connectivity index (χ4n) is 1.68. The van der Waals surface area contributed by atoms with Crippen molar-refractivity contribution in [2.45, 2.75) is 25.7 Å². The molecule has 0 heterocycles. The Bertz CT molecular complexity index is 116. The molecule has 0 aromatic heterocycles. The molecule has 2 aliphatic rings. The van der Waals surface area contributed by atoms with Crippen LogP contribution in [-0.4, -0.2) is 0 Å². The minimum atomic E-state index is 0. The summed E-state index contributed by atoms with van der Waals surface area (Å²) in [4.78, 5) is 0. The molecule has 1 unspecified atom stereocenters. The smallest absolute Gasteiger partial charge is 0.0289 e. The topological polar surface area (TPSA) is 0 Å². The lowest BCUT2D eigenvalue weighted by atomic mass is 10.1. The number of allylic oxidation sites excluding steroid dienone is 2. The van der Waals surface area contributed by atoms with Gasteiger partial charge in [0.1, 0.15) is 0 Å². The molecule has 0 aromatic rings. The second kappa shape index (κ2) is 1.88. The lowest BCUT2D eigenvalue weighted by Gasteiger charge is -1.98. The average molecular weight is 114 g/mol. The Kier molecular flexibility index (Phi) is 1.37. The van der Waals surface area contributed by atoms with Crippen molar-refractivity contribution in [3.8, 4) is 0 Å². The predicted molar refractivity (Wildman–Crippen MR) is 32.5 cm³/mol. The first-order valence-corrected chi connectivity index (χ1v) is 3.13. The molecule has 1 saturated carbocycles. The molecule has 0 spiro atoms. The average Bonchev–Trinajstić information content (AvgIpc) is 2.22. The Morgan fingerprint density at radius 2 is 2.38 bits per heavy atom. The monoisotopic (exact) mass is 114 g/mol. The molecule has 1 atom stereocenters. The Morgan fingerprint density at radius 1 is 1.50 bits per heavy atom. The molecule has 2 rings (SSSR count). The van der Waals surface area contributed by atoms with Crippen LogP contribution in [-0.2, 0) is 0 Å². The molecule has 0 saturated heterocycles. The summed E-state index contributed by atoms with van der Waals surface area (Å²) in [7, 11) is 0. The lowest BCUT2D eigenvalue weighted by Crippen LogP contribution is -1.85.